The van der Waals surface area contributed by atoms with Crippen molar-refractivity contribution in [1.82, 2.24) is 14.9 Å². The van der Waals surface area contributed by atoms with Gasteiger partial charge in [-0.05, 0) is 51.5 Å². The van der Waals surface area contributed by atoms with Crippen molar-refractivity contribution in [2.75, 3.05) is 23.7 Å². The number of hydrogen-bond donors (Lipinski definition) is 3. The maximum Gasteiger partial charge on any atom is 0.410 e. The fourth-order valence-electron chi connectivity index (χ4n) is 5.13. The molecule has 2 aliphatic heterocycles. The lowest BCUT2D eigenvalue weighted by molar-refractivity contribution is -0.120. The number of aromatic nitrogens is 2. The van der Waals surface area contributed by atoms with Crippen molar-refractivity contribution in [3.8, 4) is 11.5 Å². The van der Waals surface area contributed by atoms with E-state index in [4.69, 9.17) is 21.1 Å². The molecule has 4 heterocycles. The summed E-state index contributed by atoms with van der Waals surface area (Å²) in [4.78, 5) is 48.8. The van der Waals surface area contributed by atoms with Crippen molar-refractivity contribution in [2.45, 2.75) is 38.3 Å². The first-order valence-corrected chi connectivity index (χ1v) is 13.6. The van der Waals surface area contributed by atoms with Crippen LogP contribution in [0.4, 0.5) is 16.2 Å². The number of H-pyrrole nitrogens is 1. The number of nitrogens with one attached hydrogen (secondary N) is 3. The Morgan fingerprint density at radius 3 is 2.59 bits per heavy atom. The van der Waals surface area contributed by atoms with Gasteiger partial charge in [-0.3, -0.25) is 9.59 Å². The largest absolute Gasteiger partial charge is 0.457 e. The summed E-state index contributed by atoms with van der Waals surface area (Å²) in [5.41, 5.74) is 0.325. The van der Waals surface area contributed by atoms with E-state index < -0.39 is 17.2 Å². The third-order valence-corrected chi connectivity index (χ3v) is 7.39. The van der Waals surface area contributed by atoms with E-state index >= 15 is 0 Å². The molecule has 6 rings (SSSR count). The van der Waals surface area contributed by atoms with Gasteiger partial charge in [-0.1, -0.05) is 29.8 Å². The number of ketones is 1. The highest BCUT2D eigenvalue weighted by Crippen LogP contribution is 2.42. The standard InChI is InChI=1S/C30H28ClN5O5/c1-29(2,3)41-28(39)36-12-11-30(16-36)27(38)34-22-15-33-26-23(24(22)35-30)20(14-32-26)25(37)19-10-9-18(13-21(19)31)40-17-7-5-4-6-8-17/h4-10,13-15,35H,11-12,16H2,1-3H3,(H,32,33)(H,34,38). The average molecular weight is 574 g/mol. The normalized spacial score (nSPS) is 18.1. The van der Waals surface area contributed by atoms with Gasteiger partial charge < -0.3 is 30.0 Å². The smallest absolute Gasteiger partial charge is 0.410 e. The molecule has 1 saturated heterocycles. The molecule has 0 radical (unpaired) electrons. The lowest BCUT2D eigenvalue weighted by Gasteiger charge is -2.36. The average Bonchev–Trinajstić information content (AvgIpc) is 3.55. The van der Waals surface area contributed by atoms with Crippen LogP contribution in [0.3, 0.4) is 0 Å². The van der Waals surface area contributed by atoms with Crippen LogP contribution in [0.1, 0.15) is 43.1 Å². The number of amides is 2. The Morgan fingerprint density at radius 1 is 1.07 bits per heavy atom. The van der Waals surface area contributed by atoms with Crippen LogP contribution in [0.2, 0.25) is 5.02 Å². The van der Waals surface area contributed by atoms with Gasteiger partial charge in [0.25, 0.3) is 5.91 Å². The quantitative estimate of drug-likeness (QED) is 0.256. The van der Waals surface area contributed by atoms with E-state index in [2.05, 4.69) is 20.6 Å². The Morgan fingerprint density at radius 2 is 1.85 bits per heavy atom. The minimum Gasteiger partial charge on any atom is -0.457 e. The van der Waals surface area contributed by atoms with E-state index in [1.54, 1.807) is 45.2 Å². The Bertz CT molecular complexity index is 1700. The second-order valence-electron chi connectivity index (χ2n) is 11.2. The van der Waals surface area contributed by atoms with Crippen molar-refractivity contribution < 1.29 is 23.9 Å². The van der Waals surface area contributed by atoms with E-state index in [1.807, 2.05) is 30.3 Å². The molecule has 2 amide bonds. The van der Waals surface area contributed by atoms with Crippen LogP contribution in [0.25, 0.3) is 11.0 Å². The van der Waals surface area contributed by atoms with Gasteiger partial charge in [0.2, 0.25) is 0 Å². The molecule has 210 valence electrons. The third-order valence-electron chi connectivity index (χ3n) is 7.08. The Labute approximate surface area is 241 Å². The number of ether oxygens (including phenoxy) is 2. The number of rotatable bonds is 4. The Hall–Kier alpha value is -4.57. The number of benzene rings is 2. The topological polar surface area (TPSA) is 126 Å². The lowest BCUT2D eigenvalue weighted by atomic mass is 9.92. The molecule has 1 unspecified atom stereocenters. The highest BCUT2D eigenvalue weighted by atomic mass is 35.5. The van der Waals surface area contributed by atoms with Crippen molar-refractivity contribution in [2.24, 2.45) is 0 Å². The second kappa shape index (κ2) is 9.81. The fourth-order valence-corrected chi connectivity index (χ4v) is 5.39. The molecule has 0 bridgehead atoms. The van der Waals surface area contributed by atoms with Gasteiger partial charge in [-0.25, -0.2) is 9.78 Å². The van der Waals surface area contributed by atoms with E-state index in [0.29, 0.717) is 52.4 Å². The van der Waals surface area contributed by atoms with Crippen LogP contribution in [0.15, 0.2) is 60.9 Å². The minimum atomic E-state index is -1.09. The summed E-state index contributed by atoms with van der Waals surface area (Å²) < 4.78 is 11.4. The van der Waals surface area contributed by atoms with E-state index in [0.717, 1.165) is 0 Å². The summed E-state index contributed by atoms with van der Waals surface area (Å²) in [5, 5.41) is 7.04. The summed E-state index contributed by atoms with van der Waals surface area (Å²) in [7, 11) is 0. The summed E-state index contributed by atoms with van der Waals surface area (Å²) in [6, 6.07) is 14.2. The highest BCUT2D eigenvalue weighted by Gasteiger charge is 2.50. The van der Waals surface area contributed by atoms with Crippen LogP contribution in [-0.4, -0.2) is 56.9 Å². The molecular formula is C30H28ClN5O5. The zero-order valence-corrected chi connectivity index (χ0v) is 23.5. The molecule has 2 aromatic heterocycles. The molecule has 1 fully saturated rings. The maximum absolute atomic E-state index is 13.8. The van der Waals surface area contributed by atoms with Crippen molar-refractivity contribution in [3.05, 3.63) is 77.1 Å². The third kappa shape index (κ3) is 4.95. The minimum absolute atomic E-state index is 0.111. The van der Waals surface area contributed by atoms with Crippen LogP contribution >= 0.6 is 11.6 Å². The number of halogens is 1. The van der Waals surface area contributed by atoms with Gasteiger partial charge in [0.1, 0.15) is 28.3 Å². The van der Waals surface area contributed by atoms with Crippen LogP contribution < -0.4 is 15.4 Å². The lowest BCUT2D eigenvalue weighted by Crippen LogP contribution is -2.55. The number of hydrogen-bond acceptors (Lipinski definition) is 7. The number of pyridine rings is 1. The van der Waals surface area contributed by atoms with Gasteiger partial charge in [-0.2, -0.15) is 0 Å². The molecule has 3 N–H and O–H groups in total. The first-order chi connectivity index (χ1) is 19.5. The first-order valence-electron chi connectivity index (χ1n) is 13.2. The molecule has 2 aromatic carbocycles. The number of fused-ring (bicyclic) bond motifs is 3. The maximum atomic E-state index is 13.8. The number of likely N-dealkylation sites (tertiary alicyclic amines) is 1. The van der Waals surface area contributed by atoms with E-state index in [9.17, 15) is 14.4 Å². The van der Waals surface area contributed by atoms with Crippen LogP contribution in [0, 0.1) is 0 Å². The van der Waals surface area contributed by atoms with E-state index in [1.165, 1.54) is 11.1 Å². The zero-order valence-electron chi connectivity index (χ0n) is 22.7. The zero-order chi connectivity index (χ0) is 28.9. The molecule has 10 nitrogen and oxygen atoms in total. The second-order valence-corrected chi connectivity index (χ2v) is 11.6. The van der Waals surface area contributed by atoms with Gasteiger partial charge in [-0.15, -0.1) is 0 Å². The number of aromatic amines is 1. The Balaban J connectivity index is 1.31. The molecule has 0 aliphatic carbocycles. The molecule has 1 atom stereocenters. The fraction of sp³-hybridized carbons (Fsp3) is 0.267. The Kier molecular flexibility index (Phi) is 6.37. The molecule has 2 aliphatic rings. The molecule has 41 heavy (non-hydrogen) atoms. The number of nitrogens with zero attached hydrogens (tertiary/aromatic N) is 2. The van der Waals surface area contributed by atoms with Crippen molar-refractivity contribution in [3.63, 3.8) is 0 Å². The monoisotopic (exact) mass is 573 g/mol. The summed E-state index contributed by atoms with van der Waals surface area (Å²) >= 11 is 6.56. The van der Waals surface area contributed by atoms with Gasteiger partial charge >= 0.3 is 6.09 Å². The predicted molar refractivity (Wildman–Crippen MR) is 155 cm³/mol. The van der Waals surface area contributed by atoms with E-state index in [-0.39, 0.29) is 28.8 Å². The predicted octanol–water partition coefficient (Wildman–Crippen LogP) is 5.98. The summed E-state index contributed by atoms with van der Waals surface area (Å²) in [6.07, 6.45) is 2.99. The number of para-hydroxylation sites is 1. The molecular weight excluding hydrogens is 546 g/mol. The van der Waals surface area contributed by atoms with Crippen LogP contribution in [-0.2, 0) is 9.53 Å². The number of anilines is 2. The molecule has 11 heteroatoms. The van der Waals surface area contributed by atoms with Gasteiger partial charge in [0.15, 0.2) is 5.78 Å². The molecule has 4 aromatic rings. The van der Waals surface area contributed by atoms with Crippen molar-refractivity contribution in [1.29, 1.82) is 0 Å². The van der Waals surface area contributed by atoms with Crippen molar-refractivity contribution >= 4 is 51.8 Å². The first kappa shape index (κ1) is 26.6. The SMILES string of the molecule is CC(C)(C)OC(=O)N1CCC2(C1)Nc1c(cnc3[nH]cc(C(=O)c4ccc(Oc5ccccc5)cc4Cl)c13)NC2=O. The van der Waals surface area contributed by atoms with Crippen LogP contribution in [0.5, 0.6) is 11.5 Å². The highest BCUT2D eigenvalue weighted by molar-refractivity contribution is 6.36. The summed E-state index contributed by atoms with van der Waals surface area (Å²) in [6.45, 7) is 5.83. The number of carbonyl (C=O) groups is 3. The van der Waals surface area contributed by atoms with Gasteiger partial charge in [0.05, 0.1) is 40.1 Å². The summed E-state index contributed by atoms with van der Waals surface area (Å²) in [5.74, 6) is 0.545. The number of carbonyl (C=O) groups excluding carboxylic acids is 3. The van der Waals surface area contributed by atoms with Gasteiger partial charge in [0, 0.05) is 24.4 Å². The molecule has 1 spiro atoms. The molecule has 0 saturated carbocycles.